The number of urea groups is 2. The molecule has 0 radical (unpaired) electrons. The van der Waals surface area contributed by atoms with E-state index in [-0.39, 0.29) is 18.1 Å². The van der Waals surface area contributed by atoms with Crippen molar-refractivity contribution in [2.24, 2.45) is 0 Å². The van der Waals surface area contributed by atoms with Gasteiger partial charge in [0.25, 0.3) is 0 Å². The van der Waals surface area contributed by atoms with E-state index in [1.165, 1.54) is 11.1 Å². The van der Waals surface area contributed by atoms with Crippen LogP contribution in [0.2, 0.25) is 0 Å². The molecule has 0 saturated carbocycles. The number of nitrogens with zero attached hydrogens (tertiary/aromatic N) is 1. The Labute approximate surface area is 124 Å². The van der Waals surface area contributed by atoms with Crippen molar-refractivity contribution in [3.63, 3.8) is 0 Å². The highest BCUT2D eigenvalue weighted by atomic mass is 16.2. The van der Waals surface area contributed by atoms with Crippen LogP contribution in [0, 0.1) is 6.92 Å². The van der Waals surface area contributed by atoms with Gasteiger partial charge in [-0.25, -0.2) is 9.59 Å². The van der Waals surface area contributed by atoms with Gasteiger partial charge in [-0.1, -0.05) is 29.8 Å². The van der Waals surface area contributed by atoms with Gasteiger partial charge in [-0.05, 0) is 18.9 Å². The van der Waals surface area contributed by atoms with E-state index in [2.05, 4.69) is 41.1 Å². The van der Waals surface area contributed by atoms with Gasteiger partial charge in [0, 0.05) is 26.7 Å². The molecule has 0 bridgehead atoms. The maximum Gasteiger partial charge on any atom is 0.317 e. The number of likely N-dealkylation sites (tertiary alicyclic amines) is 1. The lowest BCUT2D eigenvalue weighted by molar-refractivity contribution is 0.139. The van der Waals surface area contributed by atoms with Gasteiger partial charge in [-0.15, -0.1) is 0 Å². The minimum atomic E-state index is -0.209. The molecule has 2 rings (SSSR count). The van der Waals surface area contributed by atoms with Crippen molar-refractivity contribution in [1.29, 1.82) is 0 Å². The van der Waals surface area contributed by atoms with Gasteiger partial charge in [-0.2, -0.15) is 0 Å². The third-order valence-corrected chi connectivity index (χ3v) is 3.50. The second-order valence-corrected chi connectivity index (χ2v) is 5.30. The smallest absolute Gasteiger partial charge is 0.317 e. The van der Waals surface area contributed by atoms with E-state index in [4.69, 9.17) is 0 Å². The van der Waals surface area contributed by atoms with Crippen molar-refractivity contribution < 1.29 is 9.59 Å². The lowest BCUT2D eigenvalue weighted by Gasteiger charge is -2.39. The molecule has 1 aliphatic rings. The van der Waals surface area contributed by atoms with Gasteiger partial charge in [0.2, 0.25) is 0 Å². The number of nitrogens with one attached hydrogen (secondary N) is 3. The van der Waals surface area contributed by atoms with Crippen LogP contribution in [0.15, 0.2) is 24.3 Å². The summed E-state index contributed by atoms with van der Waals surface area (Å²) in [6.45, 7) is 3.79. The fourth-order valence-corrected chi connectivity index (χ4v) is 2.29. The summed E-state index contributed by atoms with van der Waals surface area (Å²) < 4.78 is 0. The molecule has 4 amide bonds. The third kappa shape index (κ3) is 4.37. The van der Waals surface area contributed by atoms with Gasteiger partial charge in [0.1, 0.15) is 0 Å². The fraction of sp³-hybridized carbons (Fsp3) is 0.467. The Morgan fingerprint density at radius 2 is 2.10 bits per heavy atom. The van der Waals surface area contributed by atoms with Gasteiger partial charge >= 0.3 is 12.1 Å². The third-order valence-electron chi connectivity index (χ3n) is 3.50. The molecule has 1 aromatic carbocycles. The van der Waals surface area contributed by atoms with Gasteiger partial charge in [0.05, 0.1) is 6.04 Å². The van der Waals surface area contributed by atoms with E-state index in [1.54, 1.807) is 11.9 Å². The summed E-state index contributed by atoms with van der Waals surface area (Å²) in [5, 5.41) is 8.16. The molecule has 21 heavy (non-hydrogen) atoms. The second kappa shape index (κ2) is 6.97. The first kappa shape index (κ1) is 15.2. The summed E-state index contributed by atoms with van der Waals surface area (Å²) in [4.78, 5) is 24.7. The summed E-state index contributed by atoms with van der Waals surface area (Å²) in [7, 11) is 1.57. The highest BCUT2D eigenvalue weighted by Gasteiger charge is 2.31. The lowest BCUT2D eigenvalue weighted by Crippen LogP contribution is -2.63. The molecule has 0 aromatic heterocycles. The molecule has 3 N–H and O–H groups in total. The maximum absolute atomic E-state index is 11.9. The van der Waals surface area contributed by atoms with Crippen LogP contribution in [0.25, 0.3) is 0 Å². The number of carbonyl (C=O) groups excluding carboxylic acids is 2. The molecule has 114 valence electrons. The molecular formula is C15H22N4O2. The summed E-state index contributed by atoms with van der Waals surface area (Å²) in [5.41, 5.74) is 2.45. The van der Waals surface area contributed by atoms with Gasteiger partial charge < -0.3 is 20.9 Å². The number of rotatable bonds is 4. The molecule has 1 aliphatic heterocycles. The average molecular weight is 290 g/mol. The summed E-state index contributed by atoms with van der Waals surface area (Å²) in [5.74, 6) is 0. The number of hydrogen-bond acceptors (Lipinski definition) is 2. The highest BCUT2D eigenvalue weighted by Crippen LogP contribution is 2.08. The monoisotopic (exact) mass is 290 g/mol. The summed E-state index contributed by atoms with van der Waals surface area (Å²) in [6.07, 6.45) is 0.821. The molecular weight excluding hydrogens is 268 g/mol. The Morgan fingerprint density at radius 3 is 2.76 bits per heavy atom. The predicted molar refractivity (Wildman–Crippen MR) is 81.2 cm³/mol. The van der Waals surface area contributed by atoms with E-state index in [9.17, 15) is 9.59 Å². The molecule has 1 fully saturated rings. The normalized spacial score (nSPS) is 14.3. The van der Waals surface area contributed by atoms with E-state index in [0.29, 0.717) is 19.6 Å². The minimum absolute atomic E-state index is 0.0486. The zero-order valence-corrected chi connectivity index (χ0v) is 12.5. The Morgan fingerprint density at radius 1 is 1.33 bits per heavy atom. The number of hydrogen-bond donors (Lipinski definition) is 3. The van der Waals surface area contributed by atoms with Crippen LogP contribution >= 0.6 is 0 Å². The van der Waals surface area contributed by atoms with E-state index >= 15 is 0 Å². The first-order chi connectivity index (χ1) is 10.1. The van der Waals surface area contributed by atoms with Crippen molar-refractivity contribution in [2.75, 3.05) is 26.7 Å². The first-order valence-corrected chi connectivity index (χ1v) is 7.15. The summed E-state index contributed by atoms with van der Waals surface area (Å²) >= 11 is 0. The van der Waals surface area contributed by atoms with Crippen molar-refractivity contribution >= 4 is 12.1 Å². The Kier molecular flexibility index (Phi) is 5.03. The van der Waals surface area contributed by atoms with Gasteiger partial charge in [-0.3, -0.25) is 0 Å². The van der Waals surface area contributed by atoms with Crippen molar-refractivity contribution in [1.82, 2.24) is 20.9 Å². The quantitative estimate of drug-likeness (QED) is 0.769. The molecule has 6 nitrogen and oxygen atoms in total. The van der Waals surface area contributed by atoms with E-state index < -0.39 is 0 Å². The highest BCUT2D eigenvalue weighted by molar-refractivity contribution is 5.77. The number of carbonyl (C=O) groups is 2. The van der Waals surface area contributed by atoms with Crippen molar-refractivity contribution in [2.45, 2.75) is 19.4 Å². The molecule has 6 heteroatoms. The fourth-order valence-electron chi connectivity index (χ4n) is 2.29. The molecule has 1 aromatic rings. The van der Waals surface area contributed by atoms with Crippen LogP contribution in [0.1, 0.15) is 11.1 Å². The van der Waals surface area contributed by atoms with Crippen LogP contribution in [0.4, 0.5) is 9.59 Å². The topological polar surface area (TPSA) is 73.5 Å². The van der Waals surface area contributed by atoms with E-state index in [0.717, 1.165) is 6.42 Å². The zero-order chi connectivity index (χ0) is 15.2. The maximum atomic E-state index is 11.9. The number of amides is 4. The van der Waals surface area contributed by atoms with Gasteiger partial charge in [0.15, 0.2) is 0 Å². The average Bonchev–Trinajstić information content (AvgIpc) is 2.42. The van der Waals surface area contributed by atoms with Crippen LogP contribution in [-0.2, 0) is 6.42 Å². The van der Waals surface area contributed by atoms with Crippen LogP contribution < -0.4 is 16.0 Å². The van der Waals surface area contributed by atoms with Crippen LogP contribution in [0.3, 0.4) is 0 Å². The van der Waals surface area contributed by atoms with Crippen LogP contribution in [0.5, 0.6) is 0 Å². The number of aryl methyl sites for hydroxylation is 1. The van der Waals surface area contributed by atoms with Crippen molar-refractivity contribution in [3.8, 4) is 0 Å². The number of benzene rings is 1. The minimum Gasteiger partial charge on any atom is -0.341 e. The molecule has 1 saturated heterocycles. The zero-order valence-electron chi connectivity index (χ0n) is 12.5. The first-order valence-electron chi connectivity index (χ1n) is 7.15. The summed E-state index contributed by atoms with van der Waals surface area (Å²) in [6, 6.07) is 8.04. The molecule has 0 atom stereocenters. The largest absolute Gasteiger partial charge is 0.341 e. The van der Waals surface area contributed by atoms with E-state index in [1.807, 2.05) is 6.07 Å². The molecule has 0 spiro atoms. The lowest BCUT2D eigenvalue weighted by atomic mass is 10.1. The Balaban J connectivity index is 1.64. The SMILES string of the molecule is CNC(=O)NC1CN(C(=O)NCCc2cccc(C)c2)C1. The van der Waals surface area contributed by atoms with Crippen LogP contribution in [-0.4, -0.2) is 49.7 Å². The van der Waals surface area contributed by atoms with Crippen molar-refractivity contribution in [3.05, 3.63) is 35.4 Å². The molecule has 1 heterocycles. The molecule has 0 unspecified atom stereocenters. The Bertz CT molecular complexity index is 512. The Hall–Kier alpha value is -2.24. The second-order valence-electron chi connectivity index (χ2n) is 5.30. The standard InChI is InChI=1S/C15H22N4O2/c1-11-4-3-5-12(8-11)6-7-17-15(21)19-9-13(10-19)18-14(20)16-2/h3-5,8,13H,6-7,9-10H2,1-2H3,(H,17,21)(H2,16,18,20). The predicted octanol–water partition coefficient (Wildman–Crippen LogP) is 0.860. The molecule has 0 aliphatic carbocycles.